The van der Waals surface area contributed by atoms with Gasteiger partial charge in [0, 0.05) is 30.6 Å². The number of hydrogen-bond acceptors (Lipinski definition) is 3. The normalized spacial score (nSPS) is 10.9. The van der Waals surface area contributed by atoms with E-state index in [9.17, 15) is 4.39 Å². The molecule has 0 unspecified atom stereocenters. The summed E-state index contributed by atoms with van der Waals surface area (Å²) < 4.78 is 19.2. The summed E-state index contributed by atoms with van der Waals surface area (Å²) in [6.45, 7) is 7.81. The van der Waals surface area contributed by atoms with Crippen LogP contribution in [-0.4, -0.2) is 11.5 Å². The van der Waals surface area contributed by atoms with E-state index in [0.29, 0.717) is 24.0 Å². The molecule has 0 aliphatic rings. The molecule has 0 aliphatic carbocycles. The van der Waals surface area contributed by atoms with Crippen molar-refractivity contribution in [3.05, 3.63) is 53.6 Å². The molecule has 1 aromatic heterocycles. The van der Waals surface area contributed by atoms with E-state index in [2.05, 4.69) is 24.1 Å². The molecule has 1 heterocycles. The average molecular weight is 288 g/mol. The van der Waals surface area contributed by atoms with Crippen LogP contribution in [0.25, 0.3) is 0 Å². The topological polar surface area (TPSA) is 34.1 Å². The first-order valence-corrected chi connectivity index (χ1v) is 7.14. The first-order chi connectivity index (χ1) is 10.1. The number of nitrogens with zero attached hydrogens (tertiary/aromatic N) is 1. The molecular weight excluding hydrogens is 267 g/mol. The van der Waals surface area contributed by atoms with Crippen LogP contribution in [0.2, 0.25) is 0 Å². The van der Waals surface area contributed by atoms with Crippen LogP contribution in [0.5, 0.6) is 11.5 Å². The Hall–Kier alpha value is -1.94. The van der Waals surface area contributed by atoms with Gasteiger partial charge in [0.05, 0.1) is 0 Å². The van der Waals surface area contributed by atoms with E-state index in [1.807, 2.05) is 6.92 Å². The standard InChI is InChI=1S/C17H21FN2O/c1-12(2)9-20-11-14-10-19-7-6-16(14)21-17-8-15(18)5-4-13(17)3/h4-8,10,12,20H,9,11H2,1-3H3. The minimum atomic E-state index is -0.302. The van der Waals surface area contributed by atoms with Crippen molar-refractivity contribution in [3.63, 3.8) is 0 Å². The van der Waals surface area contributed by atoms with Gasteiger partial charge in [0.25, 0.3) is 0 Å². The van der Waals surface area contributed by atoms with Crippen molar-refractivity contribution in [2.45, 2.75) is 27.3 Å². The molecule has 0 spiro atoms. The Balaban J connectivity index is 2.14. The highest BCUT2D eigenvalue weighted by Gasteiger charge is 2.08. The fraction of sp³-hybridized carbons (Fsp3) is 0.353. The Bertz CT molecular complexity index is 599. The summed E-state index contributed by atoms with van der Waals surface area (Å²) in [6.07, 6.45) is 3.45. The zero-order chi connectivity index (χ0) is 15.2. The molecule has 2 aromatic rings. The van der Waals surface area contributed by atoms with Crippen LogP contribution in [0.1, 0.15) is 25.0 Å². The molecule has 0 fully saturated rings. The molecule has 3 nitrogen and oxygen atoms in total. The lowest BCUT2D eigenvalue weighted by Crippen LogP contribution is -2.19. The van der Waals surface area contributed by atoms with Crippen molar-refractivity contribution >= 4 is 0 Å². The predicted octanol–water partition coefficient (Wildman–Crippen LogP) is 4.07. The van der Waals surface area contributed by atoms with Crippen molar-refractivity contribution in [2.75, 3.05) is 6.54 Å². The van der Waals surface area contributed by atoms with Crippen molar-refractivity contribution in [2.24, 2.45) is 5.92 Å². The molecule has 4 heteroatoms. The zero-order valence-electron chi connectivity index (χ0n) is 12.7. The largest absolute Gasteiger partial charge is 0.457 e. The van der Waals surface area contributed by atoms with Gasteiger partial charge in [0.15, 0.2) is 0 Å². The Kier molecular flexibility index (Phi) is 5.28. The Morgan fingerprint density at radius 2 is 2.05 bits per heavy atom. The maximum absolute atomic E-state index is 13.3. The highest BCUT2D eigenvalue weighted by Crippen LogP contribution is 2.28. The molecule has 1 aromatic carbocycles. The van der Waals surface area contributed by atoms with Crippen LogP contribution < -0.4 is 10.1 Å². The van der Waals surface area contributed by atoms with Crippen molar-refractivity contribution < 1.29 is 9.13 Å². The van der Waals surface area contributed by atoms with E-state index in [1.54, 1.807) is 24.5 Å². The average Bonchev–Trinajstić information content (AvgIpc) is 2.44. The van der Waals surface area contributed by atoms with Gasteiger partial charge in [-0.05, 0) is 37.1 Å². The van der Waals surface area contributed by atoms with Crippen molar-refractivity contribution in [1.29, 1.82) is 0 Å². The van der Waals surface area contributed by atoms with Gasteiger partial charge in [0.2, 0.25) is 0 Å². The number of benzene rings is 1. The van der Waals surface area contributed by atoms with Gasteiger partial charge < -0.3 is 10.1 Å². The van der Waals surface area contributed by atoms with Gasteiger partial charge in [-0.1, -0.05) is 19.9 Å². The lowest BCUT2D eigenvalue weighted by atomic mass is 10.2. The molecule has 21 heavy (non-hydrogen) atoms. The predicted molar refractivity (Wildman–Crippen MR) is 82.0 cm³/mol. The van der Waals surface area contributed by atoms with Gasteiger partial charge >= 0.3 is 0 Å². The van der Waals surface area contributed by atoms with E-state index in [1.165, 1.54) is 12.1 Å². The molecule has 1 N–H and O–H groups in total. The molecule has 0 bridgehead atoms. The molecular formula is C17H21FN2O. The van der Waals surface area contributed by atoms with Crippen molar-refractivity contribution in [1.82, 2.24) is 10.3 Å². The fourth-order valence-corrected chi connectivity index (χ4v) is 1.94. The molecule has 0 atom stereocenters. The number of pyridine rings is 1. The summed E-state index contributed by atoms with van der Waals surface area (Å²) in [5.41, 5.74) is 1.86. The van der Waals surface area contributed by atoms with Gasteiger partial charge in [0.1, 0.15) is 17.3 Å². The van der Waals surface area contributed by atoms with Crippen LogP contribution in [0.3, 0.4) is 0 Å². The van der Waals surface area contributed by atoms with Gasteiger partial charge in [-0.25, -0.2) is 4.39 Å². The van der Waals surface area contributed by atoms with Crippen LogP contribution in [0, 0.1) is 18.7 Å². The van der Waals surface area contributed by atoms with Gasteiger partial charge in [-0.2, -0.15) is 0 Å². The number of rotatable bonds is 6. The molecule has 2 rings (SSSR count). The molecule has 112 valence electrons. The van der Waals surface area contributed by atoms with Crippen LogP contribution in [0.4, 0.5) is 4.39 Å². The summed E-state index contributed by atoms with van der Waals surface area (Å²) in [7, 11) is 0. The summed E-state index contributed by atoms with van der Waals surface area (Å²) >= 11 is 0. The first-order valence-electron chi connectivity index (χ1n) is 7.14. The van der Waals surface area contributed by atoms with Gasteiger partial charge in [-0.15, -0.1) is 0 Å². The molecule has 0 saturated carbocycles. The van der Waals surface area contributed by atoms with E-state index in [-0.39, 0.29) is 5.82 Å². The SMILES string of the molecule is Cc1ccc(F)cc1Oc1ccncc1CNCC(C)C. The molecule has 0 aliphatic heterocycles. The second kappa shape index (κ2) is 7.18. The van der Waals surface area contributed by atoms with Crippen LogP contribution in [-0.2, 0) is 6.54 Å². The third-order valence-electron chi connectivity index (χ3n) is 3.10. The number of aromatic nitrogens is 1. The minimum Gasteiger partial charge on any atom is -0.457 e. The van der Waals surface area contributed by atoms with E-state index in [0.717, 1.165) is 17.7 Å². The minimum absolute atomic E-state index is 0.302. The van der Waals surface area contributed by atoms with E-state index >= 15 is 0 Å². The Labute approximate surface area is 125 Å². The molecule has 0 amide bonds. The smallest absolute Gasteiger partial charge is 0.135 e. The highest BCUT2D eigenvalue weighted by molar-refractivity contribution is 5.39. The van der Waals surface area contributed by atoms with Crippen LogP contribution >= 0.6 is 0 Å². The lowest BCUT2D eigenvalue weighted by Gasteiger charge is -2.13. The zero-order valence-corrected chi connectivity index (χ0v) is 12.7. The Morgan fingerprint density at radius 1 is 1.24 bits per heavy atom. The Morgan fingerprint density at radius 3 is 2.81 bits per heavy atom. The van der Waals surface area contributed by atoms with E-state index in [4.69, 9.17) is 4.74 Å². The van der Waals surface area contributed by atoms with Crippen LogP contribution in [0.15, 0.2) is 36.7 Å². The number of hydrogen-bond donors (Lipinski definition) is 1. The summed E-state index contributed by atoms with van der Waals surface area (Å²) in [6, 6.07) is 6.35. The van der Waals surface area contributed by atoms with Gasteiger partial charge in [-0.3, -0.25) is 4.98 Å². The maximum Gasteiger partial charge on any atom is 0.135 e. The second-order valence-electron chi connectivity index (χ2n) is 5.52. The number of aryl methyl sites for hydroxylation is 1. The maximum atomic E-state index is 13.3. The highest BCUT2D eigenvalue weighted by atomic mass is 19.1. The quantitative estimate of drug-likeness (QED) is 0.870. The summed E-state index contributed by atoms with van der Waals surface area (Å²) in [4.78, 5) is 4.13. The van der Waals surface area contributed by atoms with E-state index < -0.39 is 0 Å². The molecule has 0 saturated heterocycles. The summed E-state index contributed by atoms with van der Waals surface area (Å²) in [5.74, 6) is 1.52. The third kappa shape index (κ3) is 4.53. The monoisotopic (exact) mass is 288 g/mol. The third-order valence-corrected chi connectivity index (χ3v) is 3.10. The lowest BCUT2D eigenvalue weighted by molar-refractivity contribution is 0.460. The number of nitrogens with one attached hydrogen (secondary N) is 1. The fourth-order valence-electron chi connectivity index (χ4n) is 1.94. The second-order valence-corrected chi connectivity index (χ2v) is 5.52. The number of ether oxygens (including phenoxy) is 1. The first kappa shape index (κ1) is 15.4. The number of halogens is 1. The van der Waals surface area contributed by atoms with Crippen molar-refractivity contribution in [3.8, 4) is 11.5 Å². The molecule has 0 radical (unpaired) electrons. The summed E-state index contributed by atoms with van der Waals surface area (Å²) in [5, 5.41) is 3.36.